The molecule has 1 heterocycles. The van der Waals surface area contributed by atoms with Gasteiger partial charge in [0.2, 0.25) is 5.91 Å². The molecule has 2 fully saturated rings. The Bertz CT molecular complexity index is 497. The Kier molecular flexibility index (Phi) is 3.91. The van der Waals surface area contributed by atoms with E-state index in [0.29, 0.717) is 19.5 Å². The first-order valence-corrected chi connectivity index (χ1v) is 7.57. The van der Waals surface area contributed by atoms with E-state index in [2.05, 4.69) is 4.74 Å². The summed E-state index contributed by atoms with van der Waals surface area (Å²) in [6.45, 7) is -0.254. The van der Waals surface area contributed by atoms with Crippen LogP contribution < -0.4 is 0 Å². The maximum Gasteiger partial charge on any atom is 0.422 e. The molecule has 1 saturated heterocycles. The van der Waals surface area contributed by atoms with Crippen molar-refractivity contribution in [1.82, 2.24) is 4.90 Å². The first kappa shape index (κ1) is 15.4. The second-order valence-electron chi connectivity index (χ2n) is 6.26. The molecule has 0 unspecified atom stereocenters. The molecule has 1 aliphatic heterocycles. The van der Waals surface area contributed by atoms with Crippen molar-refractivity contribution in [1.29, 1.82) is 0 Å². The van der Waals surface area contributed by atoms with Gasteiger partial charge in [-0.05, 0) is 31.1 Å². The zero-order valence-electron chi connectivity index (χ0n) is 12.0. The summed E-state index contributed by atoms with van der Waals surface area (Å²) in [5, 5.41) is 0. The highest BCUT2D eigenvalue weighted by Gasteiger charge is 2.53. The lowest BCUT2D eigenvalue weighted by atomic mass is 9.82. The van der Waals surface area contributed by atoms with Crippen LogP contribution in [0.4, 0.5) is 13.2 Å². The van der Waals surface area contributed by atoms with E-state index in [9.17, 15) is 22.8 Å². The van der Waals surface area contributed by atoms with Crippen molar-refractivity contribution >= 4 is 11.9 Å². The molecule has 0 N–H and O–H groups in total. The van der Waals surface area contributed by atoms with Gasteiger partial charge in [-0.15, -0.1) is 0 Å². The Morgan fingerprint density at radius 2 is 1.68 bits per heavy atom. The van der Waals surface area contributed by atoms with Crippen LogP contribution in [0, 0.1) is 23.7 Å². The largest absolute Gasteiger partial charge is 0.456 e. The van der Waals surface area contributed by atoms with E-state index in [1.54, 1.807) is 4.90 Å². The van der Waals surface area contributed by atoms with Crippen LogP contribution in [-0.2, 0) is 14.3 Å². The highest BCUT2D eigenvalue weighted by Crippen LogP contribution is 2.49. The van der Waals surface area contributed by atoms with E-state index < -0.39 is 30.6 Å². The first-order chi connectivity index (χ1) is 10.4. The Balaban J connectivity index is 1.72. The summed E-state index contributed by atoms with van der Waals surface area (Å²) < 4.78 is 41.1. The van der Waals surface area contributed by atoms with E-state index in [1.807, 2.05) is 12.2 Å². The maximum absolute atomic E-state index is 12.6. The lowest BCUT2D eigenvalue weighted by molar-refractivity contribution is -0.191. The number of carbonyl (C=O) groups is 2. The van der Waals surface area contributed by atoms with Crippen molar-refractivity contribution in [2.45, 2.75) is 25.4 Å². The average molecular weight is 317 g/mol. The summed E-state index contributed by atoms with van der Waals surface area (Å²) in [5.74, 6) is -2.57. The summed E-state index contributed by atoms with van der Waals surface area (Å²) in [7, 11) is 0. The minimum Gasteiger partial charge on any atom is -0.456 e. The smallest absolute Gasteiger partial charge is 0.422 e. The van der Waals surface area contributed by atoms with Gasteiger partial charge in [0, 0.05) is 13.1 Å². The maximum atomic E-state index is 12.6. The number of halogens is 3. The number of alkyl halides is 3. The number of hydrogen-bond acceptors (Lipinski definition) is 3. The molecule has 22 heavy (non-hydrogen) atoms. The van der Waals surface area contributed by atoms with Gasteiger partial charge in [0.05, 0.1) is 11.8 Å². The Morgan fingerprint density at radius 1 is 1.09 bits per heavy atom. The third-order valence-electron chi connectivity index (χ3n) is 4.81. The fraction of sp³-hybridized carbons (Fsp3) is 0.733. The van der Waals surface area contributed by atoms with Crippen molar-refractivity contribution in [3.8, 4) is 0 Å². The Labute approximate surface area is 126 Å². The molecular formula is C15H18F3NO3. The highest BCUT2D eigenvalue weighted by molar-refractivity contribution is 5.87. The van der Waals surface area contributed by atoms with Gasteiger partial charge in [0.15, 0.2) is 6.61 Å². The van der Waals surface area contributed by atoms with Crippen molar-refractivity contribution in [2.24, 2.45) is 23.7 Å². The fourth-order valence-corrected chi connectivity index (χ4v) is 3.88. The van der Waals surface area contributed by atoms with Crippen molar-refractivity contribution in [2.75, 3.05) is 19.7 Å². The zero-order valence-corrected chi connectivity index (χ0v) is 12.0. The quantitative estimate of drug-likeness (QED) is 0.592. The minimum atomic E-state index is -4.54. The summed E-state index contributed by atoms with van der Waals surface area (Å²) >= 11 is 0. The number of ether oxygens (including phenoxy) is 1. The van der Waals surface area contributed by atoms with Crippen molar-refractivity contribution in [3.63, 3.8) is 0 Å². The van der Waals surface area contributed by atoms with E-state index in [4.69, 9.17) is 0 Å². The minimum absolute atomic E-state index is 0.0541. The summed E-state index contributed by atoms with van der Waals surface area (Å²) in [4.78, 5) is 26.4. The topological polar surface area (TPSA) is 46.6 Å². The standard InChI is InChI=1S/C15H18F3NO3/c16-15(17,18)8-22-14(21)12-10-4-3-9(7-10)11(12)13(20)19-5-1-2-6-19/h3-4,9-12H,1-2,5-8H2/t9-,10+,11-,12-/m0/s1. The van der Waals surface area contributed by atoms with Gasteiger partial charge in [-0.25, -0.2) is 0 Å². The molecule has 0 aromatic rings. The van der Waals surface area contributed by atoms with Crippen LogP contribution >= 0.6 is 0 Å². The van der Waals surface area contributed by atoms with E-state index >= 15 is 0 Å². The van der Waals surface area contributed by atoms with Crippen molar-refractivity contribution in [3.05, 3.63) is 12.2 Å². The molecule has 0 spiro atoms. The fourth-order valence-electron chi connectivity index (χ4n) is 3.88. The first-order valence-electron chi connectivity index (χ1n) is 7.57. The lowest BCUT2D eigenvalue weighted by Gasteiger charge is -2.29. The Hall–Kier alpha value is -1.53. The number of likely N-dealkylation sites (tertiary alicyclic amines) is 1. The third kappa shape index (κ3) is 2.85. The molecule has 0 aromatic heterocycles. The summed E-state index contributed by atoms with van der Waals surface area (Å²) in [5.41, 5.74) is 0. The van der Waals surface area contributed by atoms with E-state index in [-0.39, 0.29) is 17.7 Å². The highest BCUT2D eigenvalue weighted by atomic mass is 19.4. The van der Waals surface area contributed by atoms with E-state index in [1.165, 1.54) is 0 Å². The predicted octanol–water partition coefficient (Wildman–Crippen LogP) is 2.15. The number of carbonyl (C=O) groups excluding carboxylic acids is 2. The van der Waals surface area contributed by atoms with Gasteiger partial charge < -0.3 is 9.64 Å². The number of nitrogens with zero attached hydrogens (tertiary/aromatic N) is 1. The number of allylic oxidation sites excluding steroid dienone is 2. The summed E-state index contributed by atoms with van der Waals surface area (Å²) in [6.07, 6.45) is 1.72. The molecule has 0 aromatic carbocycles. The molecule has 4 nitrogen and oxygen atoms in total. The second-order valence-corrected chi connectivity index (χ2v) is 6.26. The number of hydrogen-bond donors (Lipinski definition) is 0. The normalized spacial score (nSPS) is 33.5. The van der Waals surface area contributed by atoms with Gasteiger partial charge in [-0.2, -0.15) is 13.2 Å². The molecule has 4 atom stereocenters. The monoisotopic (exact) mass is 317 g/mol. The molecular weight excluding hydrogens is 299 g/mol. The van der Waals surface area contributed by atoms with Crippen LogP contribution in [0.5, 0.6) is 0 Å². The number of amides is 1. The van der Waals surface area contributed by atoms with Crippen LogP contribution in [0.25, 0.3) is 0 Å². The number of esters is 1. The molecule has 1 amide bonds. The predicted molar refractivity (Wildman–Crippen MR) is 70.5 cm³/mol. The molecule has 2 bridgehead atoms. The molecule has 0 radical (unpaired) electrons. The molecule has 2 aliphatic carbocycles. The van der Waals surface area contributed by atoms with Crippen LogP contribution in [0.15, 0.2) is 12.2 Å². The van der Waals surface area contributed by atoms with Crippen LogP contribution in [0.3, 0.4) is 0 Å². The van der Waals surface area contributed by atoms with Crippen LogP contribution in [0.1, 0.15) is 19.3 Å². The zero-order chi connectivity index (χ0) is 15.9. The summed E-state index contributed by atoms with van der Waals surface area (Å²) in [6, 6.07) is 0. The number of rotatable bonds is 3. The van der Waals surface area contributed by atoms with Crippen LogP contribution in [-0.4, -0.2) is 42.6 Å². The molecule has 3 rings (SSSR count). The SMILES string of the molecule is O=C(OCC(F)(F)F)[C@@H]1[C@@H](C(=O)N2CCCC2)[C@H]2C=C[C@@H]1C2. The third-order valence-corrected chi connectivity index (χ3v) is 4.81. The average Bonchev–Trinajstić information content (AvgIpc) is 3.17. The molecule has 1 saturated carbocycles. The van der Waals surface area contributed by atoms with Gasteiger partial charge in [0.1, 0.15) is 0 Å². The van der Waals surface area contributed by atoms with Gasteiger partial charge in [-0.1, -0.05) is 12.2 Å². The van der Waals surface area contributed by atoms with Crippen LogP contribution in [0.2, 0.25) is 0 Å². The van der Waals surface area contributed by atoms with Gasteiger partial charge in [-0.3, -0.25) is 9.59 Å². The Morgan fingerprint density at radius 3 is 2.27 bits per heavy atom. The second kappa shape index (κ2) is 5.59. The molecule has 3 aliphatic rings. The van der Waals surface area contributed by atoms with Gasteiger partial charge >= 0.3 is 12.1 Å². The van der Waals surface area contributed by atoms with E-state index in [0.717, 1.165) is 12.8 Å². The molecule has 7 heteroatoms. The van der Waals surface area contributed by atoms with Crippen molar-refractivity contribution < 1.29 is 27.5 Å². The molecule has 122 valence electrons. The van der Waals surface area contributed by atoms with Gasteiger partial charge in [0.25, 0.3) is 0 Å². The lowest BCUT2D eigenvalue weighted by Crippen LogP contribution is -2.42. The number of fused-ring (bicyclic) bond motifs is 2.